The molecule has 0 bridgehead atoms. The van der Waals surface area contributed by atoms with Crippen LogP contribution in [0, 0.1) is 0 Å². The van der Waals surface area contributed by atoms with E-state index in [4.69, 9.17) is 4.74 Å². The summed E-state index contributed by atoms with van der Waals surface area (Å²) in [4.78, 5) is 52.3. The minimum atomic E-state index is -0.811. The topological polar surface area (TPSA) is 108 Å². The van der Waals surface area contributed by atoms with Gasteiger partial charge in [0.15, 0.2) is 0 Å². The fourth-order valence-electron chi connectivity index (χ4n) is 4.26. The normalized spacial score (nSPS) is 22.6. The van der Waals surface area contributed by atoms with E-state index >= 15 is 0 Å². The molecule has 0 radical (unpaired) electrons. The predicted octanol–water partition coefficient (Wildman–Crippen LogP) is 1.76. The Bertz CT molecular complexity index is 673. The largest absolute Gasteiger partial charge is 0.444 e. The maximum Gasteiger partial charge on any atom is 0.410 e. The molecule has 3 rings (SSSR count). The highest BCUT2D eigenvalue weighted by Gasteiger charge is 2.51. The fourth-order valence-corrected chi connectivity index (χ4v) is 4.26. The van der Waals surface area contributed by atoms with Crippen LogP contribution in [-0.4, -0.2) is 70.6 Å². The van der Waals surface area contributed by atoms with Gasteiger partial charge in [-0.3, -0.25) is 14.5 Å². The Morgan fingerprint density at radius 1 is 1.14 bits per heavy atom. The molecule has 0 aromatic heterocycles. The summed E-state index contributed by atoms with van der Waals surface area (Å²) in [5.74, 6) is -0.630. The minimum absolute atomic E-state index is 0.0920. The lowest BCUT2D eigenvalue weighted by Crippen LogP contribution is -2.51. The molecule has 3 aliphatic rings. The number of likely N-dealkylation sites (tertiary alicyclic amines) is 1. The van der Waals surface area contributed by atoms with E-state index in [9.17, 15) is 19.2 Å². The molecular formula is C20H32N4O5. The van der Waals surface area contributed by atoms with Crippen molar-refractivity contribution >= 4 is 23.9 Å². The van der Waals surface area contributed by atoms with Crippen molar-refractivity contribution in [3.63, 3.8) is 0 Å². The van der Waals surface area contributed by atoms with Crippen molar-refractivity contribution < 1.29 is 23.9 Å². The van der Waals surface area contributed by atoms with Crippen LogP contribution in [0.4, 0.5) is 9.59 Å². The number of imide groups is 1. The Hall–Kier alpha value is -2.32. The van der Waals surface area contributed by atoms with Gasteiger partial charge >= 0.3 is 12.1 Å². The van der Waals surface area contributed by atoms with E-state index in [1.165, 1.54) is 0 Å². The highest BCUT2D eigenvalue weighted by molar-refractivity contribution is 6.09. The first-order chi connectivity index (χ1) is 13.6. The average Bonchev–Trinajstić information content (AvgIpc) is 2.85. The van der Waals surface area contributed by atoms with E-state index in [-0.39, 0.29) is 30.5 Å². The first-order valence-electron chi connectivity index (χ1n) is 10.5. The van der Waals surface area contributed by atoms with Gasteiger partial charge in [-0.1, -0.05) is 19.3 Å². The maximum atomic E-state index is 12.8. The lowest BCUT2D eigenvalue weighted by Gasteiger charge is -2.34. The molecule has 0 atom stereocenters. The van der Waals surface area contributed by atoms with Crippen molar-refractivity contribution in [2.75, 3.05) is 19.6 Å². The summed E-state index contributed by atoms with van der Waals surface area (Å²) in [7, 11) is 0. The number of hydrogen-bond acceptors (Lipinski definition) is 5. The van der Waals surface area contributed by atoms with Gasteiger partial charge in [-0.05, 0) is 46.5 Å². The Kier molecular flexibility index (Phi) is 6.05. The zero-order valence-electron chi connectivity index (χ0n) is 17.6. The van der Waals surface area contributed by atoms with Crippen LogP contribution >= 0.6 is 0 Å². The molecule has 0 aromatic rings. The molecule has 2 N–H and O–H groups in total. The molecule has 1 spiro atoms. The molecule has 2 saturated heterocycles. The van der Waals surface area contributed by atoms with E-state index in [2.05, 4.69) is 10.6 Å². The van der Waals surface area contributed by atoms with Crippen LogP contribution in [0.2, 0.25) is 0 Å². The van der Waals surface area contributed by atoms with Crippen LogP contribution in [0.1, 0.15) is 65.7 Å². The lowest BCUT2D eigenvalue weighted by atomic mass is 9.82. The van der Waals surface area contributed by atoms with Crippen LogP contribution in [-0.2, 0) is 14.3 Å². The summed E-state index contributed by atoms with van der Waals surface area (Å²) >= 11 is 0. The molecule has 9 nitrogen and oxygen atoms in total. The molecule has 29 heavy (non-hydrogen) atoms. The number of ether oxygens (including phenoxy) is 1. The summed E-state index contributed by atoms with van der Waals surface area (Å²) < 4.78 is 5.37. The van der Waals surface area contributed by atoms with Gasteiger partial charge in [-0.25, -0.2) is 9.59 Å². The number of carbonyl (C=O) groups is 4. The molecule has 3 fully saturated rings. The molecule has 9 heteroatoms. The van der Waals surface area contributed by atoms with E-state index in [1.807, 2.05) is 20.8 Å². The predicted molar refractivity (Wildman–Crippen MR) is 105 cm³/mol. The van der Waals surface area contributed by atoms with Gasteiger partial charge in [0.2, 0.25) is 5.91 Å². The molecule has 2 aliphatic heterocycles. The van der Waals surface area contributed by atoms with Crippen LogP contribution in [0.15, 0.2) is 0 Å². The van der Waals surface area contributed by atoms with E-state index in [1.54, 1.807) is 4.90 Å². The van der Waals surface area contributed by atoms with Gasteiger partial charge in [0.1, 0.15) is 17.7 Å². The quantitative estimate of drug-likeness (QED) is 0.692. The number of amides is 5. The molecule has 5 amide bonds. The van der Waals surface area contributed by atoms with Crippen molar-refractivity contribution in [2.24, 2.45) is 0 Å². The molecular weight excluding hydrogens is 376 g/mol. The standard InChI is InChI=1S/C20H32N4O5/c1-19(2,3)29-18(28)23-11-7-14(8-12-23)21-15(25)13-24-16(26)20(22-17(24)27)9-5-4-6-10-20/h14H,4-13H2,1-3H3,(H,21,25)(H,22,27). The van der Waals surface area contributed by atoms with Crippen molar-refractivity contribution in [2.45, 2.75) is 82.9 Å². The number of piperidine rings is 1. The lowest BCUT2D eigenvalue weighted by molar-refractivity contribution is -0.136. The molecule has 0 aromatic carbocycles. The monoisotopic (exact) mass is 408 g/mol. The first-order valence-corrected chi connectivity index (χ1v) is 10.5. The Morgan fingerprint density at radius 3 is 2.34 bits per heavy atom. The molecule has 0 unspecified atom stereocenters. The van der Waals surface area contributed by atoms with E-state index in [0.29, 0.717) is 38.8 Å². The van der Waals surface area contributed by atoms with Crippen LogP contribution in [0.25, 0.3) is 0 Å². The van der Waals surface area contributed by atoms with E-state index in [0.717, 1.165) is 24.2 Å². The fraction of sp³-hybridized carbons (Fsp3) is 0.800. The van der Waals surface area contributed by atoms with Gasteiger partial charge in [-0.2, -0.15) is 0 Å². The second-order valence-electron chi connectivity index (χ2n) is 9.27. The van der Waals surface area contributed by atoms with E-state index < -0.39 is 17.2 Å². The van der Waals surface area contributed by atoms with Crippen LogP contribution in [0.3, 0.4) is 0 Å². The molecule has 2 heterocycles. The van der Waals surface area contributed by atoms with Crippen molar-refractivity contribution in [1.82, 2.24) is 20.4 Å². The zero-order valence-corrected chi connectivity index (χ0v) is 17.6. The van der Waals surface area contributed by atoms with Gasteiger partial charge < -0.3 is 20.3 Å². The minimum Gasteiger partial charge on any atom is -0.444 e. The maximum absolute atomic E-state index is 12.8. The molecule has 162 valence electrons. The van der Waals surface area contributed by atoms with Crippen molar-refractivity contribution in [3.8, 4) is 0 Å². The third-order valence-electron chi connectivity index (χ3n) is 5.77. The molecule has 1 saturated carbocycles. The summed E-state index contributed by atoms with van der Waals surface area (Å²) in [5, 5.41) is 5.71. The number of carbonyl (C=O) groups excluding carboxylic acids is 4. The number of rotatable bonds is 3. The number of nitrogens with one attached hydrogen (secondary N) is 2. The van der Waals surface area contributed by atoms with Gasteiger partial charge in [-0.15, -0.1) is 0 Å². The first kappa shape index (κ1) is 21.4. The summed E-state index contributed by atoms with van der Waals surface area (Å²) in [6.45, 7) is 6.19. The van der Waals surface area contributed by atoms with Crippen LogP contribution < -0.4 is 10.6 Å². The highest BCUT2D eigenvalue weighted by Crippen LogP contribution is 2.33. The van der Waals surface area contributed by atoms with Crippen LogP contribution in [0.5, 0.6) is 0 Å². The van der Waals surface area contributed by atoms with Crippen molar-refractivity contribution in [1.29, 1.82) is 0 Å². The Labute approximate surface area is 171 Å². The van der Waals surface area contributed by atoms with Gasteiger partial charge in [0.05, 0.1) is 0 Å². The third-order valence-corrected chi connectivity index (χ3v) is 5.77. The number of urea groups is 1. The molecule has 1 aliphatic carbocycles. The second-order valence-corrected chi connectivity index (χ2v) is 9.27. The average molecular weight is 408 g/mol. The van der Waals surface area contributed by atoms with Gasteiger partial charge in [0.25, 0.3) is 5.91 Å². The summed E-state index contributed by atoms with van der Waals surface area (Å²) in [6.07, 6.45) is 5.01. The second kappa shape index (κ2) is 8.20. The highest BCUT2D eigenvalue weighted by atomic mass is 16.6. The summed E-state index contributed by atoms with van der Waals surface area (Å²) in [6, 6.07) is -0.572. The Balaban J connectivity index is 1.46. The summed E-state index contributed by atoms with van der Waals surface area (Å²) in [5.41, 5.74) is -1.35. The SMILES string of the molecule is CC(C)(C)OC(=O)N1CCC(NC(=O)CN2C(=O)NC3(CCCCC3)C2=O)CC1. The third kappa shape index (κ3) is 5.00. The zero-order chi connectivity index (χ0) is 21.2. The van der Waals surface area contributed by atoms with Crippen molar-refractivity contribution in [3.05, 3.63) is 0 Å². The van der Waals surface area contributed by atoms with Gasteiger partial charge in [0, 0.05) is 19.1 Å². The smallest absolute Gasteiger partial charge is 0.410 e. The number of hydrogen-bond donors (Lipinski definition) is 2. The number of nitrogens with zero attached hydrogens (tertiary/aromatic N) is 2. The Morgan fingerprint density at radius 2 is 1.76 bits per heavy atom.